The Morgan fingerprint density at radius 3 is 2.42 bits per heavy atom. The Kier molecular flexibility index (Phi) is 4.46. The summed E-state index contributed by atoms with van der Waals surface area (Å²) in [5, 5.41) is 0.931. The summed E-state index contributed by atoms with van der Waals surface area (Å²) < 4.78 is 18.8. The van der Waals surface area contributed by atoms with Gasteiger partial charge in [-0.2, -0.15) is 0 Å². The van der Waals surface area contributed by atoms with Crippen LogP contribution in [0, 0.1) is 0 Å². The molecule has 2 heterocycles. The largest absolute Gasteiger partial charge is 0.456 e. The Morgan fingerprint density at radius 1 is 1.00 bits per heavy atom. The lowest BCUT2D eigenvalue weighted by molar-refractivity contribution is 0.100. The molecule has 0 bridgehead atoms. The van der Waals surface area contributed by atoms with Gasteiger partial charge in [-0.05, 0) is 36.6 Å². The predicted molar refractivity (Wildman–Crippen MR) is 105 cm³/mol. The maximum atomic E-state index is 12.9. The fourth-order valence-corrected chi connectivity index (χ4v) is 6.70. The van der Waals surface area contributed by atoms with Gasteiger partial charge in [-0.3, -0.25) is 4.79 Å². The van der Waals surface area contributed by atoms with Crippen LogP contribution in [0.2, 0.25) is 0 Å². The first-order valence-electron chi connectivity index (χ1n) is 9.02. The molecule has 4 nitrogen and oxygen atoms in total. The summed E-state index contributed by atoms with van der Waals surface area (Å²) in [6.45, 7) is 0. The third-order valence-corrected chi connectivity index (χ3v) is 8.35. The van der Waals surface area contributed by atoms with Crippen LogP contribution in [-0.2, 0) is 10.7 Å². The van der Waals surface area contributed by atoms with Crippen LogP contribution in [0.15, 0.2) is 52.9 Å². The minimum Gasteiger partial charge on any atom is -0.456 e. The number of primary amides is 1. The maximum Gasteiger partial charge on any atom is 0.248 e. The highest BCUT2D eigenvalue weighted by Gasteiger charge is 2.25. The third kappa shape index (κ3) is 3.47. The van der Waals surface area contributed by atoms with E-state index in [1.54, 1.807) is 12.1 Å². The number of rotatable bonds is 4. The Morgan fingerprint density at radius 2 is 1.73 bits per heavy atom. The topological polar surface area (TPSA) is 73.3 Å². The number of nitrogens with two attached hydrogens (primary N) is 1. The first-order chi connectivity index (χ1) is 12.5. The summed E-state index contributed by atoms with van der Waals surface area (Å²) >= 11 is 0. The van der Waals surface area contributed by atoms with Crippen LogP contribution in [0.4, 0.5) is 0 Å². The van der Waals surface area contributed by atoms with Crippen molar-refractivity contribution in [3.8, 4) is 11.3 Å². The van der Waals surface area contributed by atoms with Gasteiger partial charge in [0.2, 0.25) is 5.91 Å². The zero-order chi connectivity index (χ0) is 18.1. The van der Waals surface area contributed by atoms with E-state index in [-0.39, 0.29) is 0 Å². The maximum absolute atomic E-state index is 12.9. The van der Waals surface area contributed by atoms with E-state index in [4.69, 9.17) is 10.2 Å². The van der Waals surface area contributed by atoms with Crippen LogP contribution >= 0.6 is 7.14 Å². The zero-order valence-corrected chi connectivity index (χ0v) is 15.5. The van der Waals surface area contributed by atoms with Gasteiger partial charge in [-0.25, -0.2) is 0 Å². The molecule has 0 unspecified atom stereocenters. The van der Waals surface area contributed by atoms with E-state index in [9.17, 15) is 9.36 Å². The molecule has 0 atom stereocenters. The molecular weight excluding hydrogens is 345 g/mol. The molecule has 1 aliphatic heterocycles. The highest BCUT2D eigenvalue weighted by atomic mass is 31.2. The zero-order valence-electron chi connectivity index (χ0n) is 14.6. The van der Waals surface area contributed by atoms with Gasteiger partial charge in [0.05, 0.1) is 7.14 Å². The van der Waals surface area contributed by atoms with Gasteiger partial charge in [0.25, 0.3) is 0 Å². The van der Waals surface area contributed by atoms with Gasteiger partial charge in [0.1, 0.15) is 11.3 Å². The molecule has 134 valence electrons. The molecule has 2 aromatic carbocycles. The van der Waals surface area contributed by atoms with Crippen molar-refractivity contribution in [3.05, 3.63) is 59.7 Å². The lowest BCUT2D eigenvalue weighted by Gasteiger charge is -2.22. The normalized spacial score (nSPS) is 16.6. The molecule has 1 aliphatic rings. The van der Waals surface area contributed by atoms with Crippen molar-refractivity contribution in [2.45, 2.75) is 25.4 Å². The van der Waals surface area contributed by atoms with E-state index in [1.165, 1.54) is 6.42 Å². The fraction of sp³-hybridized carbons (Fsp3) is 0.286. The van der Waals surface area contributed by atoms with E-state index in [0.717, 1.165) is 47.4 Å². The number of carbonyl (C=O) groups excluding carboxylic acids is 1. The van der Waals surface area contributed by atoms with E-state index >= 15 is 0 Å². The molecule has 3 aromatic rings. The predicted octanol–water partition coefficient (Wildman–Crippen LogP) is 5.25. The summed E-state index contributed by atoms with van der Waals surface area (Å²) in [4.78, 5) is 11.3. The number of fused-ring (bicyclic) bond motifs is 1. The van der Waals surface area contributed by atoms with Crippen molar-refractivity contribution in [2.75, 3.05) is 12.3 Å². The smallest absolute Gasteiger partial charge is 0.248 e. The molecule has 1 fully saturated rings. The third-order valence-electron chi connectivity index (χ3n) is 5.15. The lowest BCUT2D eigenvalue weighted by Crippen LogP contribution is -2.10. The van der Waals surface area contributed by atoms with Crippen LogP contribution in [0.1, 0.15) is 35.2 Å². The van der Waals surface area contributed by atoms with E-state index in [0.29, 0.717) is 17.3 Å². The van der Waals surface area contributed by atoms with Crippen molar-refractivity contribution in [1.29, 1.82) is 0 Å². The molecule has 0 aliphatic carbocycles. The average molecular weight is 367 g/mol. The number of carbonyl (C=O) groups is 1. The first kappa shape index (κ1) is 17.1. The molecule has 5 heteroatoms. The van der Waals surface area contributed by atoms with Gasteiger partial charge in [-0.1, -0.05) is 36.8 Å². The van der Waals surface area contributed by atoms with Crippen molar-refractivity contribution in [1.82, 2.24) is 0 Å². The molecule has 2 N–H and O–H groups in total. The van der Waals surface area contributed by atoms with Gasteiger partial charge in [-0.15, -0.1) is 0 Å². The van der Waals surface area contributed by atoms with Crippen molar-refractivity contribution in [2.24, 2.45) is 5.73 Å². The van der Waals surface area contributed by atoms with Crippen LogP contribution in [0.5, 0.6) is 0 Å². The molecule has 0 radical (unpaired) electrons. The number of hydrogen-bond acceptors (Lipinski definition) is 3. The number of benzene rings is 2. The Balaban J connectivity index is 1.57. The molecule has 0 saturated carbocycles. The van der Waals surface area contributed by atoms with Gasteiger partial charge in [0.15, 0.2) is 0 Å². The van der Waals surface area contributed by atoms with E-state index in [1.807, 2.05) is 36.4 Å². The minimum atomic E-state index is -2.03. The average Bonchev–Trinajstić information content (AvgIpc) is 3.05. The van der Waals surface area contributed by atoms with Gasteiger partial charge in [0, 0.05) is 35.0 Å². The van der Waals surface area contributed by atoms with Crippen molar-refractivity contribution >= 4 is 24.0 Å². The molecule has 4 rings (SSSR count). The summed E-state index contributed by atoms with van der Waals surface area (Å²) in [6, 6.07) is 15.3. The first-order valence-corrected chi connectivity index (χ1v) is 11.3. The fourth-order valence-electron chi connectivity index (χ4n) is 3.68. The lowest BCUT2D eigenvalue weighted by atomic mass is 10.1. The summed E-state index contributed by atoms with van der Waals surface area (Å²) in [5.41, 5.74) is 8.50. The number of furan rings is 1. The Labute approximate surface area is 152 Å². The summed E-state index contributed by atoms with van der Waals surface area (Å²) in [5.74, 6) is 0.282. The highest BCUT2D eigenvalue weighted by molar-refractivity contribution is 7.63. The van der Waals surface area contributed by atoms with E-state index in [2.05, 4.69) is 0 Å². The molecule has 1 aromatic heterocycles. The minimum absolute atomic E-state index is 0.436. The van der Waals surface area contributed by atoms with E-state index < -0.39 is 13.0 Å². The number of hydrogen-bond donors (Lipinski definition) is 1. The van der Waals surface area contributed by atoms with Crippen LogP contribution in [-0.4, -0.2) is 18.2 Å². The monoisotopic (exact) mass is 367 g/mol. The quantitative estimate of drug-likeness (QED) is 0.640. The van der Waals surface area contributed by atoms with Gasteiger partial charge < -0.3 is 14.7 Å². The second-order valence-electron chi connectivity index (χ2n) is 7.15. The van der Waals surface area contributed by atoms with Crippen molar-refractivity contribution < 1.29 is 13.8 Å². The summed E-state index contributed by atoms with van der Waals surface area (Å²) in [6.07, 6.45) is 5.89. The Hall–Kier alpha value is -2.32. The van der Waals surface area contributed by atoms with Crippen LogP contribution in [0.25, 0.3) is 22.3 Å². The van der Waals surface area contributed by atoms with Gasteiger partial charge >= 0.3 is 0 Å². The second-order valence-corrected chi connectivity index (χ2v) is 10.5. The summed E-state index contributed by atoms with van der Waals surface area (Å²) in [7, 11) is -2.03. The molecule has 1 amide bonds. The molecule has 26 heavy (non-hydrogen) atoms. The SMILES string of the molecule is NC(=O)c1ccc2cc(-c3ccc(CP4(=O)CCCCC4)cc3)oc2c1. The molecule has 0 spiro atoms. The molecule has 1 saturated heterocycles. The van der Waals surface area contributed by atoms with Crippen LogP contribution in [0.3, 0.4) is 0 Å². The highest BCUT2D eigenvalue weighted by Crippen LogP contribution is 2.53. The van der Waals surface area contributed by atoms with Crippen LogP contribution < -0.4 is 5.73 Å². The Bertz CT molecular complexity index is 994. The standard InChI is InChI=1S/C21H22NO3P/c22-21(23)18-9-8-17-12-19(25-20(17)13-18)16-6-4-15(5-7-16)14-26(24)10-2-1-3-11-26/h4-9,12-13H,1-3,10-11,14H2,(H2,22,23). The second kappa shape index (κ2) is 6.77. The number of amides is 1. The van der Waals surface area contributed by atoms with Crippen molar-refractivity contribution in [3.63, 3.8) is 0 Å². The molecular formula is C21H22NO3P.